The summed E-state index contributed by atoms with van der Waals surface area (Å²) in [5, 5.41) is 16.4. The summed E-state index contributed by atoms with van der Waals surface area (Å²) < 4.78 is 0. The molecule has 0 rings (SSSR count). The molecule has 0 saturated heterocycles. The number of guanidine groups is 1. The highest BCUT2D eigenvalue weighted by atomic mass is 16.4. The Kier molecular flexibility index (Phi) is 13.1. The second-order valence-corrected chi connectivity index (χ2v) is 7.73. The zero-order valence-electron chi connectivity index (χ0n) is 19.2. The quantitative estimate of drug-likeness (QED) is 0.0678. The minimum absolute atomic E-state index is 0.0771. The standard InChI is InChI=1S/C19H36N8O6/c1-4-9(2)14(18(32)33)27-17(31)12(8-13(21)28)26-15(29)10(3)25-16(30)11(20)6-5-7-24-19(22)23/h9-12,14H,4-8,20H2,1-3H3,(H2,21,28)(H,25,30)(H,26,29)(H,27,31)(H,32,33)(H4,22,23,24). The van der Waals surface area contributed by atoms with Gasteiger partial charge < -0.3 is 44.0 Å². The van der Waals surface area contributed by atoms with Crippen LogP contribution in [0.2, 0.25) is 0 Å². The summed E-state index contributed by atoms with van der Waals surface area (Å²) in [5.41, 5.74) is 21.4. The van der Waals surface area contributed by atoms with Crippen molar-refractivity contribution in [3.8, 4) is 0 Å². The zero-order valence-corrected chi connectivity index (χ0v) is 19.2. The van der Waals surface area contributed by atoms with Crippen LogP contribution in [0.25, 0.3) is 0 Å². The molecule has 0 spiro atoms. The van der Waals surface area contributed by atoms with Crippen molar-refractivity contribution in [3.63, 3.8) is 0 Å². The third kappa shape index (κ3) is 11.7. The van der Waals surface area contributed by atoms with Gasteiger partial charge in [0, 0.05) is 6.54 Å². The van der Waals surface area contributed by atoms with Gasteiger partial charge in [0.2, 0.25) is 23.6 Å². The van der Waals surface area contributed by atoms with Crippen LogP contribution in [-0.2, 0) is 24.0 Å². The summed E-state index contributed by atoms with van der Waals surface area (Å²) in [5.74, 6) is -4.89. The van der Waals surface area contributed by atoms with E-state index < -0.39 is 66.1 Å². The fraction of sp³-hybridized carbons (Fsp3) is 0.684. The number of amides is 4. The van der Waals surface area contributed by atoms with Crippen LogP contribution >= 0.6 is 0 Å². The summed E-state index contributed by atoms with van der Waals surface area (Å²) >= 11 is 0. The smallest absolute Gasteiger partial charge is 0.326 e. The van der Waals surface area contributed by atoms with Crippen LogP contribution in [0.15, 0.2) is 4.99 Å². The van der Waals surface area contributed by atoms with Gasteiger partial charge in [0.1, 0.15) is 18.1 Å². The first-order valence-corrected chi connectivity index (χ1v) is 10.5. The van der Waals surface area contributed by atoms with Crippen molar-refractivity contribution in [1.82, 2.24) is 16.0 Å². The molecule has 0 aliphatic heterocycles. The summed E-state index contributed by atoms with van der Waals surface area (Å²) in [7, 11) is 0. The summed E-state index contributed by atoms with van der Waals surface area (Å²) in [4.78, 5) is 63.8. The van der Waals surface area contributed by atoms with Crippen LogP contribution in [0.4, 0.5) is 0 Å². The maximum atomic E-state index is 12.6. The Morgan fingerprint density at radius 1 is 0.939 bits per heavy atom. The fourth-order valence-electron chi connectivity index (χ4n) is 2.68. The van der Waals surface area contributed by atoms with E-state index in [1.807, 2.05) is 0 Å². The Morgan fingerprint density at radius 3 is 2.03 bits per heavy atom. The van der Waals surface area contributed by atoms with Crippen molar-refractivity contribution in [2.45, 2.75) is 70.6 Å². The molecule has 188 valence electrons. The number of rotatable bonds is 15. The number of nitrogens with one attached hydrogen (secondary N) is 3. The molecule has 0 radical (unpaired) electrons. The second-order valence-electron chi connectivity index (χ2n) is 7.73. The third-order valence-corrected chi connectivity index (χ3v) is 4.87. The Morgan fingerprint density at radius 2 is 1.55 bits per heavy atom. The normalized spacial score (nSPS) is 15.2. The molecule has 0 aromatic heterocycles. The molecule has 0 aromatic rings. The first-order chi connectivity index (χ1) is 15.3. The molecule has 0 aliphatic carbocycles. The Hall–Kier alpha value is -3.42. The average molecular weight is 473 g/mol. The number of carboxylic acid groups (broad SMARTS) is 1. The summed E-state index contributed by atoms with van der Waals surface area (Å²) in [6.07, 6.45) is 0.611. The lowest BCUT2D eigenvalue weighted by Gasteiger charge is -2.25. The molecular weight excluding hydrogens is 436 g/mol. The van der Waals surface area contributed by atoms with E-state index in [-0.39, 0.29) is 18.9 Å². The van der Waals surface area contributed by atoms with E-state index in [0.717, 1.165) is 0 Å². The molecule has 0 heterocycles. The Balaban J connectivity index is 5.03. The summed E-state index contributed by atoms with van der Waals surface area (Å²) in [6.45, 7) is 5.04. The average Bonchev–Trinajstić information content (AvgIpc) is 2.72. The predicted octanol–water partition coefficient (Wildman–Crippen LogP) is -3.15. The van der Waals surface area contributed by atoms with Gasteiger partial charge in [0.15, 0.2) is 5.96 Å². The molecule has 0 aromatic carbocycles. The minimum atomic E-state index is -1.42. The third-order valence-electron chi connectivity index (χ3n) is 4.87. The first-order valence-electron chi connectivity index (χ1n) is 10.5. The van der Waals surface area contributed by atoms with Gasteiger partial charge in [0.05, 0.1) is 12.5 Å². The largest absolute Gasteiger partial charge is 0.480 e. The lowest BCUT2D eigenvalue weighted by molar-refractivity contribution is -0.144. The fourth-order valence-corrected chi connectivity index (χ4v) is 2.68. The highest BCUT2D eigenvalue weighted by Crippen LogP contribution is 2.09. The topological polar surface area (TPSA) is 258 Å². The molecule has 0 aliphatic rings. The van der Waals surface area contributed by atoms with E-state index in [1.54, 1.807) is 13.8 Å². The number of carbonyl (C=O) groups is 5. The van der Waals surface area contributed by atoms with Gasteiger partial charge in [-0.3, -0.25) is 24.2 Å². The van der Waals surface area contributed by atoms with Crippen LogP contribution in [0, 0.1) is 5.92 Å². The highest BCUT2D eigenvalue weighted by molar-refractivity contribution is 5.96. The van der Waals surface area contributed by atoms with Gasteiger partial charge in [-0.1, -0.05) is 20.3 Å². The number of carbonyl (C=O) groups excluding carboxylic acids is 4. The van der Waals surface area contributed by atoms with Gasteiger partial charge >= 0.3 is 5.97 Å². The van der Waals surface area contributed by atoms with Crippen molar-refractivity contribution in [1.29, 1.82) is 0 Å². The molecule has 4 amide bonds. The number of nitrogens with two attached hydrogens (primary N) is 4. The lowest BCUT2D eigenvalue weighted by Crippen LogP contribution is -2.57. The monoisotopic (exact) mass is 472 g/mol. The number of carboxylic acids is 1. The predicted molar refractivity (Wildman–Crippen MR) is 120 cm³/mol. The zero-order chi connectivity index (χ0) is 25.7. The Labute approximate surface area is 192 Å². The van der Waals surface area contributed by atoms with Crippen LogP contribution in [-0.4, -0.2) is 71.4 Å². The van der Waals surface area contributed by atoms with Crippen LogP contribution in [0.5, 0.6) is 0 Å². The molecule has 14 heteroatoms. The number of hydrogen-bond donors (Lipinski definition) is 8. The van der Waals surface area contributed by atoms with Gasteiger partial charge in [-0.25, -0.2) is 4.79 Å². The number of primary amides is 1. The number of hydrogen-bond acceptors (Lipinski definition) is 7. The SMILES string of the molecule is CCC(C)C(NC(=O)C(CC(N)=O)NC(=O)C(C)NC(=O)C(N)CCCN=C(N)N)C(=O)O. The van der Waals surface area contributed by atoms with Crippen molar-refractivity contribution >= 4 is 35.6 Å². The van der Waals surface area contributed by atoms with E-state index in [2.05, 4.69) is 20.9 Å². The number of aliphatic imine (C=N–C) groups is 1. The molecule has 14 nitrogen and oxygen atoms in total. The van der Waals surface area contributed by atoms with E-state index in [1.165, 1.54) is 6.92 Å². The maximum absolute atomic E-state index is 12.6. The highest BCUT2D eigenvalue weighted by Gasteiger charge is 2.31. The van der Waals surface area contributed by atoms with Crippen LogP contribution in [0.1, 0.15) is 46.5 Å². The molecule has 0 bridgehead atoms. The number of aliphatic carboxylic acids is 1. The van der Waals surface area contributed by atoms with Crippen molar-refractivity contribution in [2.24, 2.45) is 33.8 Å². The molecule has 5 unspecified atom stereocenters. The molecular formula is C19H36N8O6. The minimum Gasteiger partial charge on any atom is -0.480 e. The molecule has 33 heavy (non-hydrogen) atoms. The van der Waals surface area contributed by atoms with E-state index in [4.69, 9.17) is 22.9 Å². The van der Waals surface area contributed by atoms with Crippen molar-refractivity contribution < 1.29 is 29.1 Å². The van der Waals surface area contributed by atoms with E-state index >= 15 is 0 Å². The molecule has 0 saturated carbocycles. The maximum Gasteiger partial charge on any atom is 0.326 e. The van der Waals surface area contributed by atoms with Gasteiger partial charge in [-0.15, -0.1) is 0 Å². The molecule has 12 N–H and O–H groups in total. The molecule has 0 fully saturated rings. The summed E-state index contributed by atoms with van der Waals surface area (Å²) in [6, 6.07) is -4.67. The van der Waals surface area contributed by atoms with Crippen molar-refractivity contribution in [3.05, 3.63) is 0 Å². The van der Waals surface area contributed by atoms with Gasteiger partial charge in [-0.2, -0.15) is 0 Å². The van der Waals surface area contributed by atoms with Crippen molar-refractivity contribution in [2.75, 3.05) is 6.54 Å². The molecule has 5 atom stereocenters. The van der Waals surface area contributed by atoms with Gasteiger partial charge in [-0.05, 0) is 25.7 Å². The van der Waals surface area contributed by atoms with Gasteiger partial charge in [0.25, 0.3) is 0 Å². The second kappa shape index (κ2) is 14.6. The van der Waals surface area contributed by atoms with E-state index in [9.17, 15) is 29.1 Å². The van der Waals surface area contributed by atoms with Crippen LogP contribution < -0.4 is 38.9 Å². The Bertz CT molecular complexity index is 740. The lowest BCUT2D eigenvalue weighted by atomic mass is 9.98. The number of nitrogens with zero attached hydrogens (tertiary/aromatic N) is 1. The van der Waals surface area contributed by atoms with E-state index in [0.29, 0.717) is 12.8 Å². The first kappa shape index (κ1) is 29.6. The van der Waals surface area contributed by atoms with Crippen LogP contribution in [0.3, 0.4) is 0 Å².